The van der Waals surface area contributed by atoms with Crippen LogP contribution in [0.2, 0.25) is 0 Å². The second-order valence-electron chi connectivity index (χ2n) is 5.90. The third-order valence-electron chi connectivity index (χ3n) is 3.83. The van der Waals surface area contributed by atoms with E-state index in [1.54, 1.807) is 13.0 Å². The number of nitrogens with zero attached hydrogens (tertiary/aromatic N) is 2. The molecule has 0 aromatic carbocycles. The van der Waals surface area contributed by atoms with Gasteiger partial charge >= 0.3 is 0 Å². The average molecular weight is 315 g/mol. The van der Waals surface area contributed by atoms with E-state index in [1.165, 1.54) is 10.6 Å². The maximum absolute atomic E-state index is 12.1. The Morgan fingerprint density at radius 1 is 1.48 bits per heavy atom. The standard InChI is InChI=1S/C13H21N3O4S/c1-8(2)10-6-16(21(4,18)19)7-11(10)14-13(17)12-5-9(3)15-20-12/h5,8,10-11H,6-7H2,1-4H3,(H,14,17). The van der Waals surface area contributed by atoms with Gasteiger partial charge in [0.1, 0.15) is 0 Å². The minimum Gasteiger partial charge on any atom is -0.351 e. The highest BCUT2D eigenvalue weighted by Gasteiger charge is 2.39. The van der Waals surface area contributed by atoms with Gasteiger partial charge < -0.3 is 9.84 Å². The predicted octanol–water partition coefficient (Wildman–Crippen LogP) is 0.629. The van der Waals surface area contributed by atoms with E-state index < -0.39 is 10.0 Å². The van der Waals surface area contributed by atoms with E-state index in [2.05, 4.69) is 10.5 Å². The van der Waals surface area contributed by atoms with Crippen LogP contribution in [-0.2, 0) is 10.0 Å². The molecule has 1 aliphatic rings. The summed E-state index contributed by atoms with van der Waals surface area (Å²) in [5.41, 5.74) is 0.629. The van der Waals surface area contributed by atoms with E-state index in [0.29, 0.717) is 18.8 Å². The predicted molar refractivity (Wildman–Crippen MR) is 77.2 cm³/mol. The molecule has 0 saturated carbocycles. The van der Waals surface area contributed by atoms with Crippen molar-refractivity contribution in [1.82, 2.24) is 14.8 Å². The molecule has 2 heterocycles. The van der Waals surface area contributed by atoms with Crippen molar-refractivity contribution >= 4 is 15.9 Å². The third-order valence-corrected chi connectivity index (χ3v) is 5.06. The van der Waals surface area contributed by atoms with Crippen LogP contribution in [0.5, 0.6) is 0 Å². The lowest BCUT2D eigenvalue weighted by atomic mass is 9.91. The Morgan fingerprint density at radius 2 is 2.14 bits per heavy atom. The van der Waals surface area contributed by atoms with E-state index in [4.69, 9.17) is 4.52 Å². The molecule has 8 heteroatoms. The summed E-state index contributed by atoms with van der Waals surface area (Å²) in [4.78, 5) is 12.1. The average Bonchev–Trinajstić information content (AvgIpc) is 2.94. The van der Waals surface area contributed by atoms with Gasteiger partial charge in [-0.25, -0.2) is 8.42 Å². The molecule has 1 N–H and O–H groups in total. The van der Waals surface area contributed by atoms with Crippen LogP contribution in [0.25, 0.3) is 0 Å². The van der Waals surface area contributed by atoms with E-state index in [1.807, 2.05) is 13.8 Å². The quantitative estimate of drug-likeness (QED) is 0.879. The summed E-state index contributed by atoms with van der Waals surface area (Å²) in [5, 5.41) is 6.54. The van der Waals surface area contributed by atoms with E-state index in [9.17, 15) is 13.2 Å². The van der Waals surface area contributed by atoms with Crippen molar-refractivity contribution < 1.29 is 17.7 Å². The molecular weight excluding hydrogens is 294 g/mol. The second-order valence-corrected chi connectivity index (χ2v) is 7.88. The normalized spacial score (nSPS) is 23.7. The molecule has 2 rings (SSSR count). The van der Waals surface area contributed by atoms with Gasteiger partial charge in [-0.2, -0.15) is 4.31 Å². The number of nitrogens with one attached hydrogen (secondary N) is 1. The number of sulfonamides is 1. The molecule has 2 atom stereocenters. The van der Waals surface area contributed by atoms with Crippen molar-refractivity contribution in [3.05, 3.63) is 17.5 Å². The Balaban J connectivity index is 2.12. The number of rotatable bonds is 4. The van der Waals surface area contributed by atoms with Crippen molar-refractivity contribution in [3.63, 3.8) is 0 Å². The van der Waals surface area contributed by atoms with Crippen molar-refractivity contribution in [2.24, 2.45) is 11.8 Å². The minimum atomic E-state index is -3.25. The summed E-state index contributed by atoms with van der Waals surface area (Å²) < 4.78 is 29.7. The molecular formula is C13H21N3O4S. The largest absolute Gasteiger partial charge is 0.351 e. The fraction of sp³-hybridized carbons (Fsp3) is 0.692. The van der Waals surface area contributed by atoms with Gasteiger partial charge in [-0.05, 0) is 18.8 Å². The molecule has 1 saturated heterocycles. The van der Waals surface area contributed by atoms with Crippen LogP contribution < -0.4 is 5.32 Å². The number of hydrogen-bond acceptors (Lipinski definition) is 5. The molecule has 7 nitrogen and oxygen atoms in total. The zero-order valence-corrected chi connectivity index (χ0v) is 13.5. The lowest BCUT2D eigenvalue weighted by Crippen LogP contribution is -2.42. The van der Waals surface area contributed by atoms with Gasteiger partial charge in [0.15, 0.2) is 0 Å². The van der Waals surface area contributed by atoms with Crippen molar-refractivity contribution in [1.29, 1.82) is 0 Å². The van der Waals surface area contributed by atoms with Crippen molar-refractivity contribution in [2.45, 2.75) is 26.8 Å². The van der Waals surface area contributed by atoms with Crippen LogP contribution in [0.3, 0.4) is 0 Å². The molecule has 1 fully saturated rings. The second kappa shape index (κ2) is 5.76. The Hall–Kier alpha value is -1.41. The topological polar surface area (TPSA) is 92.5 Å². The minimum absolute atomic E-state index is 0.0766. The molecule has 1 aliphatic heterocycles. The zero-order chi connectivity index (χ0) is 15.8. The molecule has 118 valence electrons. The van der Waals surface area contributed by atoms with Gasteiger partial charge in [0.05, 0.1) is 11.9 Å². The van der Waals surface area contributed by atoms with Gasteiger partial charge in [-0.1, -0.05) is 19.0 Å². The van der Waals surface area contributed by atoms with Gasteiger partial charge in [-0.3, -0.25) is 4.79 Å². The summed E-state index contributed by atoms with van der Waals surface area (Å²) >= 11 is 0. The third kappa shape index (κ3) is 3.62. The Kier molecular flexibility index (Phi) is 4.38. The monoisotopic (exact) mass is 315 g/mol. The first kappa shape index (κ1) is 16.0. The van der Waals surface area contributed by atoms with Gasteiger partial charge in [0.2, 0.25) is 15.8 Å². The Bertz CT molecular complexity index is 623. The number of hydrogen-bond donors (Lipinski definition) is 1. The highest BCUT2D eigenvalue weighted by molar-refractivity contribution is 7.88. The van der Waals surface area contributed by atoms with Crippen LogP contribution in [0.1, 0.15) is 30.1 Å². The van der Waals surface area contributed by atoms with Crippen LogP contribution in [0, 0.1) is 18.8 Å². The van der Waals surface area contributed by atoms with E-state index in [-0.39, 0.29) is 29.5 Å². The SMILES string of the molecule is Cc1cc(C(=O)NC2CN(S(C)(=O)=O)CC2C(C)C)on1. The summed E-state index contributed by atoms with van der Waals surface area (Å²) in [6, 6.07) is 1.33. The first-order chi connectivity index (χ1) is 9.68. The van der Waals surface area contributed by atoms with Crippen LogP contribution >= 0.6 is 0 Å². The number of aromatic nitrogens is 1. The van der Waals surface area contributed by atoms with Crippen molar-refractivity contribution in [3.8, 4) is 0 Å². The summed E-state index contributed by atoms with van der Waals surface area (Å²) in [5.74, 6) is 0.126. The number of aryl methyl sites for hydroxylation is 1. The maximum Gasteiger partial charge on any atom is 0.290 e. The van der Waals surface area contributed by atoms with Crippen molar-refractivity contribution in [2.75, 3.05) is 19.3 Å². The molecule has 0 spiro atoms. The Morgan fingerprint density at radius 3 is 2.62 bits per heavy atom. The van der Waals surface area contributed by atoms with E-state index in [0.717, 1.165) is 0 Å². The smallest absolute Gasteiger partial charge is 0.290 e. The highest BCUT2D eigenvalue weighted by atomic mass is 32.2. The van der Waals surface area contributed by atoms with Gasteiger partial charge in [-0.15, -0.1) is 0 Å². The fourth-order valence-electron chi connectivity index (χ4n) is 2.60. The van der Waals surface area contributed by atoms with Gasteiger partial charge in [0.25, 0.3) is 5.91 Å². The number of carbonyl (C=O) groups excluding carboxylic acids is 1. The summed E-state index contributed by atoms with van der Waals surface area (Å²) in [6.45, 7) is 6.50. The fourth-order valence-corrected chi connectivity index (χ4v) is 3.48. The lowest BCUT2D eigenvalue weighted by Gasteiger charge is -2.22. The van der Waals surface area contributed by atoms with Crippen LogP contribution in [-0.4, -0.2) is 49.2 Å². The van der Waals surface area contributed by atoms with Crippen LogP contribution in [0.15, 0.2) is 10.6 Å². The maximum atomic E-state index is 12.1. The molecule has 0 aliphatic carbocycles. The highest BCUT2D eigenvalue weighted by Crippen LogP contribution is 2.26. The van der Waals surface area contributed by atoms with Crippen LogP contribution in [0.4, 0.5) is 0 Å². The first-order valence-corrected chi connectivity index (χ1v) is 8.72. The molecule has 1 amide bonds. The van der Waals surface area contributed by atoms with E-state index >= 15 is 0 Å². The number of amides is 1. The molecule has 0 radical (unpaired) electrons. The molecule has 1 aromatic heterocycles. The first-order valence-electron chi connectivity index (χ1n) is 6.87. The lowest BCUT2D eigenvalue weighted by molar-refractivity contribution is 0.0888. The summed E-state index contributed by atoms with van der Waals surface area (Å²) in [7, 11) is -3.25. The van der Waals surface area contributed by atoms with Gasteiger partial charge in [0, 0.05) is 25.2 Å². The molecule has 0 bridgehead atoms. The zero-order valence-electron chi connectivity index (χ0n) is 12.7. The Labute approximate surface area is 124 Å². The number of carbonyl (C=O) groups is 1. The molecule has 21 heavy (non-hydrogen) atoms. The molecule has 2 unspecified atom stereocenters. The molecule has 1 aromatic rings. The summed E-state index contributed by atoms with van der Waals surface area (Å²) in [6.07, 6.45) is 1.19.